The second-order valence-corrected chi connectivity index (χ2v) is 1.20. The monoisotopic (exact) mass is 238 g/mol. The zero-order valence-electron chi connectivity index (χ0n) is 3.60. The number of hydrogen-bond donors (Lipinski definition) is 1. The Balaban J connectivity index is 0. The molecule has 0 radical (unpaired) electrons. The summed E-state index contributed by atoms with van der Waals surface area (Å²) < 4.78 is 0. The molecule has 0 atom stereocenters. The van der Waals surface area contributed by atoms with Crippen LogP contribution in [-0.2, 0) is 4.79 Å². The fraction of sp³-hybridized carbons (Fsp3) is 0.250. The number of aliphatic carboxylic acids is 1. The molecule has 0 unspecified atom stereocenters. The van der Waals surface area contributed by atoms with Crippen LogP contribution >= 0.6 is 11.6 Å². The van der Waals surface area contributed by atoms with Gasteiger partial charge in [-0.2, -0.15) is 0 Å². The van der Waals surface area contributed by atoms with Gasteiger partial charge >= 0.3 is 31.8 Å². The molecule has 8 heavy (non-hydrogen) atoms. The maximum absolute atomic E-state index is 9.61. The molecule has 0 aromatic carbocycles. The third kappa shape index (κ3) is 9.62. The van der Waals surface area contributed by atoms with E-state index in [0.29, 0.717) is 0 Å². The Hall–Kier alpha value is 0.370. The molecule has 0 fully saturated rings. The molecule has 0 bridgehead atoms. The first-order valence-corrected chi connectivity index (χ1v) is 2.26. The predicted octanol–water partition coefficient (Wildman–Crippen LogP) is -0.318. The summed E-state index contributed by atoms with van der Waals surface area (Å²) in [5.74, 6) is -0.701. The van der Waals surface area contributed by atoms with Crippen molar-refractivity contribution in [3.05, 3.63) is 12.2 Å². The Kier molecular flexibility index (Phi) is 10.3. The van der Waals surface area contributed by atoms with Crippen LogP contribution in [-0.4, -0.2) is 42.8 Å². The summed E-state index contributed by atoms with van der Waals surface area (Å²) in [6, 6.07) is 0. The van der Waals surface area contributed by atoms with Gasteiger partial charge in [0, 0.05) is 12.0 Å². The van der Waals surface area contributed by atoms with Crippen LogP contribution in [0.4, 0.5) is 0 Å². The number of carboxylic acid groups (broad SMARTS) is 1. The number of halogens is 1. The summed E-state index contributed by atoms with van der Waals surface area (Å²) in [5, 5.41) is 7.90. The number of carbonyl (C=O) groups is 1. The van der Waals surface area contributed by atoms with Crippen LogP contribution in [0.5, 0.6) is 0 Å². The van der Waals surface area contributed by atoms with Crippen molar-refractivity contribution in [2.75, 3.05) is 5.88 Å². The molecule has 0 aliphatic heterocycles. The summed E-state index contributed by atoms with van der Waals surface area (Å²) in [6.07, 6.45) is 2.37. The topological polar surface area (TPSA) is 37.3 Å². The van der Waals surface area contributed by atoms with Gasteiger partial charge in [0.05, 0.1) is 0 Å². The van der Waals surface area contributed by atoms with E-state index in [1.165, 1.54) is 6.08 Å². The number of alkyl halides is 1. The molecular weight excluding hydrogens is 230 g/mol. The van der Waals surface area contributed by atoms with Gasteiger partial charge in [-0.3, -0.25) is 0 Å². The van der Waals surface area contributed by atoms with Crippen LogP contribution in [0.15, 0.2) is 12.2 Å². The van der Waals surface area contributed by atoms with Gasteiger partial charge in [0.15, 0.2) is 0 Å². The van der Waals surface area contributed by atoms with E-state index in [9.17, 15) is 4.79 Å². The van der Waals surface area contributed by atoms with E-state index in [1.807, 2.05) is 0 Å². The molecule has 1 N–H and O–H groups in total. The average Bonchev–Trinajstić information content (AvgIpc) is 1.61. The molecule has 4 heteroatoms. The molecule has 0 aliphatic carbocycles. The van der Waals surface area contributed by atoms with E-state index in [2.05, 4.69) is 0 Å². The van der Waals surface area contributed by atoms with E-state index >= 15 is 0 Å². The Morgan fingerprint density at radius 1 is 1.75 bits per heavy atom. The van der Waals surface area contributed by atoms with Crippen LogP contribution < -0.4 is 0 Å². The number of allylic oxidation sites excluding steroid dienone is 1. The van der Waals surface area contributed by atoms with Crippen molar-refractivity contribution < 1.29 is 9.90 Å². The first-order chi connectivity index (χ1) is 3.27. The van der Waals surface area contributed by atoms with Gasteiger partial charge < -0.3 is 5.11 Å². The van der Waals surface area contributed by atoms with Gasteiger partial charge in [-0.1, -0.05) is 6.08 Å². The van der Waals surface area contributed by atoms with Gasteiger partial charge in [0.1, 0.15) is 0 Å². The van der Waals surface area contributed by atoms with Gasteiger partial charge in [-0.05, 0) is 0 Å². The van der Waals surface area contributed by atoms with Crippen molar-refractivity contribution in [3.63, 3.8) is 0 Å². The molecule has 0 spiro atoms. The molecule has 0 rings (SSSR count). The minimum atomic E-state index is -0.958. The molecule has 46 valence electrons. The van der Waals surface area contributed by atoms with Gasteiger partial charge in [0.25, 0.3) is 0 Å². The summed E-state index contributed by atoms with van der Waals surface area (Å²) in [5.41, 5.74) is 0. The van der Waals surface area contributed by atoms with Gasteiger partial charge in [0.2, 0.25) is 0 Å². The van der Waals surface area contributed by atoms with Gasteiger partial charge in [-0.15, -0.1) is 11.6 Å². The van der Waals surface area contributed by atoms with Crippen molar-refractivity contribution >= 4 is 43.4 Å². The van der Waals surface area contributed by atoms with Crippen LogP contribution in [0.2, 0.25) is 0 Å². The van der Waals surface area contributed by atoms with Crippen LogP contribution in [0.1, 0.15) is 0 Å². The van der Waals surface area contributed by atoms with Crippen LogP contribution in [0, 0.1) is 0 Å². The normalized spacial score (nSPS) is 8.62. The van der Waals surface area contributed by atoms with Crippen molar-refractivity contribution in [3.8, 4) is 0 Å². The summed E-state index contributed by atoms with van der Waals surface area (Å²) >= 11 is 5.10. The first-order valence-electron chi connectivity index (χ1n) is 1.73. The predicted molar refractivity (Wildman–Crippen MR) is 37.4 cm³/mol. The Morgan fingerprint density at radius 3 is 2.38 bits per heavy atom. The molecule has 0 heterocycles. The van der Waals surface area contributed by atoms with E-state index in [1.54, 1.807) is 0 Å². The molecule has 0 aromatic rings. The zero-order chi connectivity index (χ0) is 5.70. The summed E-state index contributed by atoms with van der Waals surface area (Å²) in [7, 11) is 0. The second kappa shape index (κ2) is 7.37. The second-order valence-electron chi connectivity index (χ2n) is 0.895. The van der Waals surface area contributed by atoms with E-state index in [4.69, 9.17) is 16.7 Å². The minimum absolute atomic E-state index is 0. The first kappa shape index (κ1) is 11.2. The molecule has 0 saturated heterocycles. The van der Waals surface area contributed by atoms with Crippen LogP contribution in [0.3, 0.4) is 0 Å². The molecule has 0 amide bonds. The zero-order valence-corrected chi connectivity index (χ0v) is 4.35. The van der Waals surface area contributed by atoms with E-state index in [0.717, 1.165) is 6.08 Å². The van der Waals surface area contributed by atoms with Crippen molar-refractivity contribution in [1.82, 2.24) is 0 Å². The fourth-order valence-electron chi connectivity index (χ4n) is 0.145. The molecular formula is C4H8ClInO2. The van der Waals surface area contributed by atoms with Crippen molar-refractivity contribution in [1.29, 1.82) is 0 Å². The number of carboxylic acids is 1. The molecule has 0 aromatic heterocycles. The van der Waals surface area contributed by atoms with Crippen molar-refractivity contribution in [2.45, 2.75) is 0 Å². The average molecular weight is 238 g/mol. The number of hydrogen-bond acceptors (Lipinski definition) is 1. The van der Waals surface area contributed by atoms with Crippen molar-refractivity contribution in [2.24, 2.45) is 0 Å². The third-order valence-electron chi connectivity index (χ3n) is 0.350. The Bertz CT molecular complexity index is 92.0. The standard InChI is InChI=1S/C4H5ClO2.In.3H/c5-3-1-2-4(6)7;;;;/h1-2H,3H2,(H,6,7);;;;/b2-1+;;;;. The fourth-order valence-corrected chi connectivity index (χ4v) is 0.234. The van der Waals surface area contributed by atoms with E-state index < -0.39 is 5.97 Å². The molecule has 0 saturated carbocycles. The quantitative estimate of drug-likeness (QED) is 0.529. The SMILES string of the molecule is O=C(O)/C=C/CCl.[InH3]. The Morgan fingerprint density at radius 2 is 2.25 bits per heavy atom. The Labute approximate surface area is 71.3 Å². The van der Waals surface area contributed by atoms with E-state index in [-0.39, 0.29) is 31.7 Å². The molecule has 2 nitrogen and oxygen atoms in total. The summed E-state index contributed by atoms with van der Waals surface area (Å²) in [6.45, 7) is 0. The summed E-state index contributed by atoms with van der Waals surface area (Å²) in [4.78, 5) is 9.61. The van der Waals surface area contributed by atoms with Gasteiger partial charge in [-0.25, -0.2) is 4.79 Å². The number of rotatable bonds is 2. The third-order valence-corrected chi connectivity index (χ3v) is 0.528. The maximum atomic E-state index is 9.61. The van der Waals surface area contributed by atoms with Crippen LogP contribution in [0.25, 0.3) is 0 Å². The molecule has 0 aliphatic rings.